The number of aromatic nitrogens is 1. The third-order valence-corrected chi connectivity index (χ3v) is 4.05. The summed E-state index contributed by atoms with van der Waals surface area (Å²) in [7, 11) is 1.37. The maximum Gasteiger partial charge on any atom is 0.341 e. The molecular weight excluding hydrogens is 302 g/mol. The minimum absolute atomic E-state index is 0.119. The summed E-state index contributed by atoms with van der Waals surface area (Å²) in [5.41, 5.74) is 0.190. The Labute approximate surface area is 140 Å². The average molecular weight is 319 g/mol. The zero-order valence-corrected chi connectivity index (χ0v) is 13.3. The van der Waals surface area contributed by atoms with Crippen molar-refractivity contribution in [3.05, 3.63) is 107 Å². The van der Waals surface area contributed by atoms with Gasteiger partial charge in [0, 0.05) is 24.5 Å². The van der Waals surface area contributed by atoms with Crippen LogP contribution in [0.25, 0.3) is 0 Å². The summed E-state index contributed by atoms with van der Waals surface area (Å²) < 4.78 is 6.88. The first-order chi connectivity index (χ1) is 11.7. The van der Waals surface area contributed by atoms with Crippen molar-refractivity contribution < 1.29 is 9.53 Å². The fraction of sp³-hybridized carbons (Fsp3) is 0.100. The highest BCUT2D eigenvalue weighted by Crippen LogP contribution is 2.35. The second-order valence-corrected chi connectivity index (χ2v) is 5.38. The Morgan fingerprint density at radius 2 is 1.29 bits per heavy atom. The van der Waals surface area contributed by atoms with E-state index in [1.807, 2.05) is 60.7 Å². The topological polar surface area (TPSA) is 48.3 Å². The van der Waals surface area contributed by atoms with E-state index in [0.717, 1.165) is 11.1 Å². The first-order valence-electron chi connectivity index (χ1n) is 7.58. The highest BCUT2D eigenvalue weighted by atomic mass is 16.5. The van der Waals surface area contributed by atoms with Gasteiger partial charge in [-0.1, -0.05) is 60.7 Å². The fourth-order valence-corrected chi connectivity index (χ4v) is 2.95. The third-order valence-electron chi connectivity index (χ3n) is 4.05. The standard InChI is InChI=1S/C20H17NO3/c1-24-19(23)20(16-8-4-2-5-9-16,17-10-6-3-7-11-17)21-14-12-18(22)13-15-21/h2-15H,1H3. The number of hydrogen-bond donors (Lipinski definition) is 0. The zero-order chi connectivity index (χ0) is 17.0. The molecule has 0 aliphatic heterocycles. The summed E-state index contributed by atoms with van der Waals surface area (Å²) in [5, 5.41) is 0. The van der Waals surface area contributed by atoms with Crippen LogP contribution in [0.1, 0.15) is 11.1 Å². The van der Waals surface area contributed by atoms with Crippen molar-refractivity contribution in [2.75, 3.05) is 7.11 Å². The van der Waals surface area contributed by atoms with E-state index in [1.54, 1.807) is 17.0 Å². The van der Waals surface area contributed by atoms with Crippen molar-refractivity contribution >= 4 is 5.97 Å². The Hall–Kier alpha value is -3.14. The van der Waals surface area contributed by atoms with Crippen LogP contribution in [0.15, 0.2) is 90.0 Å². The summed E-state index contributed by atoms with van der Waals surface area (Å²) in [5.74, 6) is -0.427. The van der Waals surface area contributed by atoms with Gasteiger partial charge in [0.1, 0.15) is 0 Å². The molecular formula is C20H17NO3. The number of carbonyl (C=O) groups excluding carboxylic acids is 1. The van der Waals surface area contributed by atoms with Crippen molar-refractivity contribution in [1.29, 1.82) is 0 Å². The first kappa shape index (κ1) is 15.7. The smallest absolute Gasteiger partial charge is 0.341 e. The van der Waals surface area contributed by atoms with E-state index in [2.05, 4.69) is 0 Å². The maximum absolute atomic E-state index is 13.0. The molecule has 0 saturated carbocycles. The van der Waals surface area contributed by atoms with E-state index in [1.165, 1.54) is 19.2 Å². The predicted molar refractivity (Wildman–Crippen MR) is 91.8 cm³/mol. The number of nitrogens with zero attached hydrogens (tertiary/aromatic N) is 1. The van der Waals surface area contributed by atoms with E-state index >= 15 is 0 Å². The molecule has 0 spiro atoms. The van der Waals surface area contributed by atoms with Gasteiger partial charge in [-0.3, -0.25) is 4.79 Å². The summed E-state index contributed by atoms with van der Waals surface area (Å²) in [4.78, 5) is 24.5. The van der Waals surface area contributed by atoms with E-state index in [9.17, 15) is 9.59 Å². The number of rotatable bonds is 4. The van der Waals surface area contributed by atoms with Crippen LogP contribution in [0.5, 0.6) is 0 Å². The molecule has 0 radical (unpaired) electrons. The Bertz CT molecular complexity index is 826. The van der Waals surface area contributed by atoms with Crippen LogP contribution in [0, 0.1) is 0 Å². The molecule has 0 amide bonds. The fourth-order valence-electron chi connectivity index (χ4n) is 2.95. The van der Waals surface area contributed by atoms with Crippen molar-refractivity contribution in [1.82, 2.24) is 4.57 Å². The van der Waals surface area contributed by atoms with Crippen LogP contribution >= 0.6 is 0 Å². The molecule has 0 unspecified atom stereocenters. The van der Waals surface area contributed by atoms with Crippen LogP contribution in [-0.4, -0.2) is 17.6 Å². The molecule has 0 bridgehead atoms. The number of hydrogen-bond acceptors (Lipinski definition) is 3. The Morgan fingerprint density at radius 1 is 0.833 bits per heavy atom. The monoisotopic (exact) mass is 319 g/mol. The predicted octanol–water partition coefficient (Wildman–Crippen LogP) is 2.81. The SMILES string of the molecule is COC(=O)C(c1ccccc1)(c1ccccc1)n1ccc(=O)cc1. The molecule has 1 heterocycles. The number of pyridine rings is 1. The minimum atomic E-state index is -1.20. The lowest BCUT2D eigenvalue weighted by atomic mass is 9.82. The van der Waals surface area contributed by atoms with Crippen molar-refractivity contribution in [2.24, 2.45) is 0 Å². The van der Waals surface area contributed by atoms with Crippen LogP contribution in [0.4, 0.5) is 0 Å². The molecule has 0 saturated heterocycles. The van der Waals surface area contributed by atoms with Gasteiger partial charge in [0.15, 0.2) is 11.0 Å². The summed E-state index contributed by atoms with van der Waals surface area (Å²) in [6.45, 7) is 0. The van der Waals surface area contributed by atoms with Gasteiger partial charge in [0.2, 0.25) is 0 Å². The molecule has 3 rings (SSSR count). The quantitative estimate of drug-likeness (QED) is 0.695. The van der Waals surface area contributed by atoms with Crippen LogP contribution in [0.3, 0.4) is 0 Å². The molecule has 2 aromatic carbocycles. The molecule has 0 atom stereocenters. The van der Waals surface area contributed by atoms with Gasteiger partial charge in [0.25, 0.3) is 0 Å². The normalized spacial score (nSPS) is 11.0. The van der Waals surface area contributed by atoms with Crippen LogP contribution < -0.4 is 5.43 Å². The zero-order valence-electron chi connectivity index (χ0n) is 13.3. The van der Waals surface area contributed by atoms with Gasteiger partial charge in [-0.15, -0.1) is 0 Å². The van der Waals surface area contributed by atoms with Crippen LogP contribution in [-0.2, 0) is 15.1 Å². The van der Waals surface area contributed by atoms with Crippen molar-refractivity contribution in [3.63, 3.8) is 0 Å². The molecule has 3 aromatic rings. The van der Waals surface area contributed by atoms with E-state index in [4.69, 9.17) is 4.74 Å². The second kappa shape index (κ2) is 6.54. The highest BCUT2D eigenvalue weighted by Gasteiger charge is 2.44. The molecule has 0 fully saturated rings. The number of carbonyl (C=O) groups is 1. The molecule has 0 aliphatic carbocycles. The van der Waals surface area contributed by atoms with Gasteiger partial charge in [0.05, 0.1) is 7.11 Å². The third kappa shape index (κ3) is 2.52. The van der Waals surface area contributed by atoms with E-state index in [-0.39, 0.29) is 5.43 Å². The van der Waals surface area contributed by atoms with Gasteiger partial charge < -0.3 is 9.30 Å². The summed E-state index contributed by atoms with van der Waals surface area (Å²) >= 11 is 0. The molecule has 120 valence electrons. The number of esters is 1. The van der Waals surface area contributed by atoms with Crippen LogP contribution in [0.2, 0.25) is 0 Å². The summed E-state index contributed by atoms with van der Waals surface area (Å²) in [6, 6.07) is 21.7. The number of ether oxygens (including phenoxy) is 1. The lowest BCUT2D eigenvalue weighted by Gasteiger charge is -2.34. The minimum Gasteiger partial charge on any atom is -0.467 e. The largest absolute Gasteiger partial charge is 0.467 e. The Kier molecular flexibility index (Phi) is 4.29. The second-order valence-electron chi connectivity index (χ2n) is 5.38. The Balaban J connectivity index is 2.39. The van der Waals surface area contributed by atoms with Gasteiger partial charge >= 0.3 is 5.97 Å². The highest BCUT2D eigenvalue weighted by molar-refractivity contribution is 5.87. The molecule has 1 aromatic heterocycles. The van der Waals surface area contributed by atoms with Crippen molar-refractivity contribution in [2.45, 2.75) is 5.54 Å². The average Bonchev–Trinajstić information content (AvgIpc) is 2.65. The molecule has 0 aliphatic rings. The first-order valence-corrected chi connectivity index (χ1v) is 7.58. The molecule has 4 nitrogen and oxygen atoms in total. The maximum atomic E-state index is 13.0. The molecule has 4 heteroatoms. The van der Waals surface area contributed by atoms with Gasteiger partial charge in [-0.05, 0) is 11.1 Å². The summed E-state index contributed by atoms with van der Waals surface area (Å²) in [6.07, 6.45) is 3.22. The van der Waals surface area contributed by atoms with E-state index < -0.39 is 11.5 Å². The lowest BCUT2D eigenvalue weighted by Crippen LogP contribution is -2.45. The van der Waals surface area contributed by atoms with Crippen molar-refractivity contribution in [3.8, 4) is 0 Å². The molecule has 24 heavy (non-hydrogen) atoms. The van der Waals surface area contributed by atoms with Gasteiger partial charge in [-0.25, -0.2) is 4.79 Å². The van der Waals surface area contributed by atoms with Gasteiger partial charge in [-0.2, -0.15) is 0 Å². The lowest BCUT2D eigenvalue weighted by molar-refractivity contribution is -0.147. The number of methoxy groups -OCH3 is 1. The van der Waals surface area contributed by atoms with E-state index in [0.29, 0.717) is 0 Å². The molecule has 0 N–H and O–H groups in total. The number of benzene rings is 2. The Morgan fingerprint density at radius 3 is 1.71 bits per heavy atom.